The molecule has 0 bridgehead atoms. The summed E-state index contributed by atoms with van der Waals surface area (Å²) in [7, 11) is 0. The second kappa shape index (κ2) is 5.35. The number of nitrogens with zero attached hydrogens (tertiary/aromatic N) is 2. The number of hydrogen-bond donors (Lipinski definition) is 1. The number of rotatable bonds is 2. The van der Waals surface area contributed by atoms with Crippen LogP contribution in [0, 0.1) is 4.77 Å². The van der Waals surface area contributed by atoms with Crippen molar-refractivity contribution in [3.63, 3.8) is 0 Å². The van der Waals surface area contributed by atoms with Crippen molar-refractivity contribution in [1.29, 1.82) is 0 Å². The molecule has 1 aliphatic rings. The lowest BCUT2D eigenvalue weighted by molar-refractivity contribution is 0.210. The van der Waals surface area contributed by atoms with E-state index in [0.717, 1.165) is 40.5 Å². The van der Waals surface area contributed by atoms with Gasteiger partial charge in [-0.2, -0.15) is 0 Å². The Balaban J connectivity index is 2.17. The van der Waals surface area contributed by atoms with Gasteiger partial charge >= 0.3 is 0 Å². The smallest absolute Gasteiger partial charge is 0.178 e. The highest BCUT2D eigenvalue weighted by Crippen LogP contribution is 2.30. The summed E-state index contributed by atoms with van der Waals surface area (Å²) in [6.07, 6.45) is 4.28. The van der Waals surface area contributed by atoms with E-state index in [2.05, 4.69) is 40.5 Å². The summed E-state index contributed by atoms with van der Waals surface area (Å²) in [6.45, 7) is 6.98. The van der Waals surface area contributed by atoms with E-state index in [1.54, 1.807) is 0 Å². The number of aromatic amines is 1. The molecule has 0 unspecified atom stereocenters. The molecule has 106 valence electrons. The number of imidazole rings is 1. The zero-order valence-electron chi connectivity index (χ0n) is 11.7. The summed E-state index contributed by atoms with van der Waals surface area (Å²) in [5.74, 6) is 0. The minimum Gasteiger partial charge on any atom is -0.331 e. The zero-order valence-corrected chi connectivity index (χ0v) is 13.3. The second-order valence-electron chi connectivity index (χ2n) is 5.31. The maximum absolute atomic E-state index is 6.43. The number of benzene rings is 1. The van der Waals surface area contributed by atoms with Gasteiger partial charge in [0.1, 0.15) is 0 Å². The van der Waals surface area contributed by atoms with Crippen LogP contribution < -0.4 is 0 Å². The molecule has 3 rings (SSSR count). The normalized spacial score (nSPS) is 19.9. The molecule has 0 fully saturated rings. The molecule has 0 amide bonds. The summed E-state index contributed by atoms with van der Waals surface area (Å²) >= 11 is 11.9. The van der Waals surface area contributed by atoms with E-state index in [9.17, 15) is 0 Å². The highest BCUT2D eigenvalue weighted by atomic mass is 35.5. The van der Waals surface area contributed by atoms with E-state index in [4.69, 9.17) is 23.8 Å². The molecule has 0 saturated carbocycles. The molecule has 20 heavy (non-hydrogen) atoms. The van der Waals surface area contributed by atoms with Crippen molar-refractivity contribution in [2.45, 2.75) is 33.0 Å². The fraction of sp³-hybridized carbons (Fsp3) is 0.400. The molecule has 1 atom stereocenters. The van der Waals surface area contributed by atoms with Crippen molar-refractivity contribution < 1.29 is 0 Å². The fourth-order valence-corrected chi connectivity index (χ4v) is 3.34. The van der Waals surface area contributed by atoms with Crippen LogP contribution in [0.1, 0.15) is 19.4 Å². The topological polar surface area (TPSA) is 24.0 Å². The van der Waals surface area contributed by atoms with Crippen molar-refractivity contribution in [3.8, 4) is 0 Å². The Morgan fingerprint density at radius 1 is 1.50 bits per heavy atom. The minimum absolute atomic E-state index is 0.417. The van der Waals surface area contributed by atoms with Crippen molar-refractivity contribution in [2.75, 3.05) is 6.54 Å². The quantitative estimate of drug-likeness (QED) is 0.666. The lowest BCUT2D eigenvalue weighted by atomic mass is 10.1. The van der Waals surface area contributed by atoms with Crippen LogP contribution in [-0.2, 0) is 13.1 Å². The Labute approximate surface area is 128 Å². The van der Waals surface area contributed by atoms with E-state index < -0.39 is 0 Å². The first kappa shape index (κ1) is 13.9. The summed E-state index contributed by atoms with van der Waals surface area (Å²) < 4.78 is 2.97. The Hall–Kier alpha value is -1.10. The summed E-state index contributed by atoms with van der Waals surface area (Å²) in [5.41, 5.74) is 3.41. The van der Waals surface area contributed by atoms with Crippen molar-refractivity contribution >= 4 is 34.9 Å². The molecule has 0 saturated heterocycles. The van der Waals surface area contributed by atoms with Crippen LogP contribution in [0.15, 0.2) is 24.3 Å². The van der Waals surface area contributed by atoms with Gasteiger partial charge in [-0.3, -0.25) is 4.90 Å². The molecule has 2 aromatic rings. The van der Waals surface area contributed by atoms with Crippen molar-refractivity contribution in [1.82, 2.24) is 14.5 Å². The molecule has 1 aromatic carbocycles. The summed E-state index contributed by atoms with van der Waals surface area (Å²) in [4.78, 5) is 5.71. The number of allylic oxidation sites excluding steroid dienone is 1. The Morgan fingerprint density at radius 2 is 2.30 bits per heavy atom. The number of hydrogen-bond acceptors (Lipinski definition) is 2. The van der Waals surface area contributed by atoms with Gasteiger partial charge in [0.15, 0.2) is 4.77 Å². The van der Waals surface area contributed by atoms with Crippen molar-refractivity contribution in [3.05, 3.63) is 39.6 Å². The molecule has 3 nitrogen and oxygen atoms in total. The first-order valence-corrected chi connectivity index (χ1v) is 7.65. The molecule has 1 aromatic heterocycles. The highest BCUT2D eigenvalue weighted by molar-refractivity contribution is 7.71. The van der Waals surface area contributed by atoms with Gasteiger partial charge in [-0.05, 0) is 38.2 Å². The Kier molecular flexibility index (Phi) is 3.71. The van der Waals surface area contributed by atoms with Gasteiger partial charge < -0.3 is 9.55 Å². The number of aromatic nitrogens is 2. The Morgan fingerprint density at radius 3 is 3.05 bits per heavy atom. The van der Waals surface area contributed by atoms with Gasteiger partial charge in [0, 0.05) is 36.3 Å². The van der Waals surface area contributed by atoms with Crippen LogP contribution in [0.2, 0.25) is 5.02 Å². The monoisotopic (exact) mass is 307 g/mol. The lowest BCUT2D eigenvalue weighted by Crippen LogP contribution is -2.34. The molecule has 1 aliphatic heterocycles. The molecule has 5 heteroatoms. The number of nitrogens with one attached hydrogen (secondary N) is 1. The first-order chi connectivity index (χ1) is 9.61. The maximum atomic E-state index is 6.43. The van der Waals surface area contributed by atoms with Gasteiger partial charge in [-0.15, -0.1) is 0 Å². The maximum Gasteiger partial charge on any atom is 0.178 e. The molecule has 0 spiro atoms. The second-order valence-corrected chi connectivity index (χ2v) is 6.10. The van der Waals surface area contributed by atoms with Crippen LogP contribution in [-0.4, -0.2) is 27.0 Å². The predicted molar refractivity (Wildman–Crippen MR) is 86.8 cm³/mol. The third-order valence-corrected chi connectivity index (χ3v) is 4.67. The lowest BCUT2D eigenvalue weighted by Gasteiger charge is -2.26. The van der Waals surface area contributed by atoms with Gasteiger partial charge in [0.05, 0.1) is 11.0 Å². The molecule has 2 heterocycles. The molecular formula is C15H18ClN3S. The van der Waals surface area contributed by atoms with E-state index in [0.29, 0.717) is 6.04 Å². The van der Waals surface area contributed by atoms with E-state index >= 15 is 0 Å². The van der Waals surface area contributed by atoms with Gasteiger partial charge in [-0.25, -0.2) is 0 Å². The molecule has 0 aliphatic carbocycles. The Bertz CT molecular complexity index is 729. The fourth-order valence-electron chi connectivity index (χ4n) is 2.85. The van der Waals surface area contributed by atoms with E-state index in [-0.39, 0.29) is 0 Å². The zero-order chi connectivity index (χ0) is 14.3. The van der Waals surface area contributed by atoms with Crippen LogP contribution in [0.5, 0.6) is 0 Å². The van der Waals surface area contributed by atoms with Crippen molar-refractivity contribution in [2.24, 2.45) is 0 Å². The minimum atomic E-state index is 0.417. The molecule has 0 radical (unpaired) electrons. The number of halogens is 1. The third kappa shape index (κ3) is 2.22. The van der Waals surface area contributed by atoms with E-state index in [1.807, 2.05) is 12.1 Å². The standard InChI is InChI=1S/C15H18ClN3S/c1-3-4-7-18-9-11-12(16)5-6-13-14(11)19(8-10(18)2)15(20)17-13/h3-6,10H,7-9H2,1-2H3,(H,17,20)/b4-3+/t10-/m0/s1. The number of H-pyrrole nitrogens is 1. The summed E-state index contributed by atoms with van der Waals surface area (Å²) in [6, 6.07) is 4.39. The third-order valence-electron chi connectivity index (χ3n) is 3.99. The van der Waals surface area contributed by atoms with Crippen LogP contribution in [0.4, 0.5) is 0 Å². The van der Waals surface area contributed by atoms with Gasteiger partial charge in [-0.1, -0.05) is 23.8 Å². The van der Waals surface area contributed by atoms with Crippen LogP contribution in [0.25, 0.3) is 11.0 Å². The average molecular weight is 308 g/mol. The van der Waals surface area contributed by atoms with Gasteiger partial charge in [0.25, 0.3) is 0 Å². The van der Waals surface area contributed by atoms with Crippen LogP contribution >= 0.6 is 23.8 Å². The average Bonchev–Trinajstić information content (AvgIpc) is 2.64. The first-order valence-electron chi connectivity index (χ1n) is 6.87. The van der Waals surface area contributed by atoms with Crippen LogP contribution in [0.3, 0.4) is 0 Å². The largest absolute Gasteiger partial charge is 0.331 e. The molecular weight excluding hydrogens is 290 g/mol. The SMILES string of the molecule is C/C=C/CN1Cc2c(Cl)ccc3[nH]c(=S)n(c23)C[C@@H]1C. The predicted octanol–water partition coefficient (Wildman–Crippen LogP) is 4.13. The molecule has 1 N–H and O–H groups in total. The highest BCUT2D eigenvalue weighted by Gasteiger charge is 2.23. The summed E-state index contributed by atoms with van der Waals surface area (Å²) in [5, 5.41) is 0.819. The van der Waals surface area contributed by atoms with Gasteiger partial charge in [0.2, 0.25) is 0 Å². The van der Waals surface area contributed by atoms with E-state index in [1.165, 1.54) is 5.56 Å².